The Bertz CT molecular complexity index is 503. The summed E-state index contributed by atoms with van der Waals surface area (Å²) in [5, 5.41) is 19.6. The number of benzene rings is 1. The van der Waals surface area contributed by atoms with E-state index in [0.29, 0.717) is 5.75 Å². The second kappa shape index (κ2) is 8.05. The number of hydrogen-bond donors (Lipinski definition) is 1. The number of rotatable bonds is 9. The van der Waals surface area contributed by atoms with Crippen LogP contribution in [0.4, 0.5) is 5.69 Å². The number of non-ortho nitro benzene ring substituents is 1. The Morgan fingerprint density at radius 3 is 2.67 bits per heavy atom. The lowest BCUT2D eigenvalue weighted by Gasteiger charge is -2.14. The molecule has 0 aromatic heterocycles. The molecule has 0 saturated carbocycles. The van der Waals surface area contributed by atoms with Crippen molar-refractivity contribution in [1.82, 2.24) is 0 Å². The lowest BCUT2D eigenvalue weighted by atomic mass is 10.2. The maximum absolute atomic E-state index is 10.9. The normalized spacial score (nSPS) is 11.7. The first-order valence-electron chi connectivity index (χ1n) is 6.29. The Balaban J connectivity index is 2.66. The van der Waals surface area contributed by atoms with E-state index in [-0.39, 0.29) is 31.1 Å². The zero-order valence-corrected chi connectivity index (χ0v) is 11.8. The van der Waals surface area contributed by atoms with Crippen molar-refractivity contribution >= 4 is 11.7 Å². The molecule has 0 amide bonds. The van der Waals surface area contributed by atoms with Crippen molar-refractivity contribution in [2.24, 2.45) is 0 Å². The molecule has 0 bridgehead atoms. The summed E-state index contributed by atoms with van der Waals surface area (Å²) in [6.45, 7) is 2.08. The van der Waals surface area contributed by atoms with Crippen molar-refractivity contribution in [3.8, 4) is 11.5 Å². The molecule has 1 aromatic carbocycles. The van der Waals surface area contributed by atoms with Gasteiger partial charge in [0.15, 0.2) is 17.6 Å². The largest absolute Gasteiger partial charge is 0.493 e. The SMILES string of the molecule is CCOC(CCOc1ccc([N+](=O)[O-])cc1OC)C(=O)O. The van der Waals surface area contributed by atoms with Crippen molar-refractivity contribution in [2.45, 2.75) is 19.4 Å². The van der Waals surface area contributed by atoms with Crippen molar-refractivity contribution < 1.29 is 29.0 Å². The Morgan fingerprint density at radius 2 is 2.14 bits per heavy atom. The van der Waals surface area contributed by atoms with E-state index in [1.54, 1.807) is 6.92 Å². The van der Waals surface area contributed by atoms with Gasteiger partial charge in [-0.2, -0.15) is 0 Å². The van der Waals surface area contributed by atoms with E-state index >= 15 is 0 Å². The minimum Gasteiger partial charge on any atom is -0.493 e. The van der Waals surface area contributed by atoms with Crippen LogP contribution in [-0.4, -0.2) is 42.4 Å². The molecular weight excluding hydrogens is 282 g/mol. The second-order valence-corrected chi connectivity index (χ2v) is 4.01. The van der Waals surface area contributed by atoms with Crippen LogP contribution in [0, 0.1) is 10.1 Å². The van der Waals surface area contributed by atoms with Gasteiger partial charge in [-0.25, -0.2) is 4.79 Å². The average Bonchev–Trinajstić information content (AvgIpc) is 2.46. The van der Waals surface area contributed by atoms with E-state index in [1.165, 1.54) is 25.3 Å². The molecule has 0 saturated heterocycles. The predicted molar refractivity (Wildman–Crippen MR) is 72.8 cm³/mol. The number of carboxylic acid groups (broad SMARTS) is 1. The van der Waals surface area contributed by atoms with Crippen LogP contribution < -0.4 is 9.47 Å². The molecule has 21 heavy (non-hydrogen) atoms. The van der Waals surface area contributed by atoms with Gasteiger partial charge in [-0.3, -0.25) is 10.1 Å². The molecule has 0 aliphatic heterocycles. The molecule has 8 nitrogen and oxygen atoms in total. The monoisotopic (exact) mass is 299 g/mol. The number of methoxy groups -OCH3 is 1. The third-order valence-corrected chi connectivity index (χ3v) is 2.64. The first-order valence-corrected chi connectivity index (χ1v) is 6.29. The molecule has 0 fully saturated rings. The van der Waals surface area contributed by atoms with Gasteiger partial charge in [0.1, 0.15) is 0 Å². The standard InChI is InChI=1S/C13H17NO7/c1-3-20-11(13(15)16)6-7-21-10-5-4-9(14(17)18)8-12(10)19-2/h4-5,8,11H,3,6-7H2,1-2H3,(H,15,16). The average molecular weight is 299 g/mol. The summed E-state index contributed by atoms with van der Waals surface area (Å²) in [4.78, 5) is 21.0. The highest BCUT2D eigenvalue weighted by Crippen LogP contribution is 2.31. The summed E-state index contributed by atoms with van der Waals surface area (Å²) >= 11 is 0. The Kier molecular flexibility index (Phi) is 6.41. The van der Waals surface area contributed by atoms with E-state index in [9.17, 15) is 14.9 Å². The number of nitro groups is 1. The predicted octanol–water partition coefficient (Wildman–Crippen LogP) is 1.86. The van der Waals surface area contributed by atoms with Crippen molar-refractivity contribution in [2.75, 3.05) is 20.3 Å². The van der Waals surface area contributed by atoms with Crippen LogP contribution in [0.2, 0.25) is 0 Å². The molecule has 0 aliphatic carbocycles. The van der Waals surface area contributed by atoms with Gasteiger partial charge in [-0.15, -0.1) is 0 Å². The van der Waals surface area contributed by atoms with Crippen LogP contribution in [0.3, 0.4) is 0 Å². The molecule has 1 atom stereocenters. The van der Waals surface area contributed by atoms with Crippen molar-refractivity contribution in [3.05, 3.63) is 28.3 Å². The summed E-state index contributed by atoms with van der Waals surface area (Å²) in [7, 11) is 1.37. The first kappa shape index (κ1) is 16.7. The van der Waals surface area contributed by atoms with Gasteiger partial charge in [0.25, 0.3) is 5.69 Å². The van der Waals surface area contributed by atoms with Gasteiger partial charge in [0.05, 0.1) is 24.7 Å². The fourth-order valence-corrected chi connectivity index (χ4v) is 1.64. The zero-order chi connectivity index (χ0) is 15.8. The van der Waals surface area contributed by atoms with Gasteiger partial charge in [-0.1, -0.05) is 0 Å². The number of carboxylic acids is 1. The second-order valence-electron chi connectivity index (χ2n) is 4.01. The smallest absolute Gasteiger partial charge is 0.332 e. The molecule has 0 spiro atoms. The highest BCUT2D eigenvalue weighted by atomic mass is 16.6. The van der Waals surface area contributed by atoms with Crippen LogP contribution in [0.1, 0.15) is 13.3 Å². The lowest BCUT2D eigenvalue weighted by Crippen LogP contribution is -2.26. The van der Waals surface area contributed by atoms with Gasteiger partial charge in [0, 0.05) is 19.1 Å². The fourth-order valence-electron chi connectivity index (χ4n) is 1.64. The van der Waals surface area contributed by atoms with E-state index in [4.69, 9.17) is 19.3 Å². The molecule has 1 aromatic rings. The van der Waals surface area contributed by atoms with Gasteiger partial charge >= 0.3 is 5.97 Å². The van der Waals surface area contributed by atoms with Gasteiger partial charge in [0.2, 0.25) is 0 Å². The summed E-state index contributed by atoms with van der Waals surface area (Å²) in [6, 6.07) is 3.94. The Hall–Kier alpha value is -2.35. The number of ether oxygens (including phenoxy) is 3. The summed E-state index contributed by atoms with van der Waals surface area (Å²) < 4.78 is 15.5. The molecule has 0 radical (unpaired) electrons. The quantitative estimate of drug-likeness (QED) is 0.547. The maximum atomic E-state index is 10.9. The number of nitro benzene ring substituents is 1. The Labute approximate surface area is 121 Å². The van der Waals surface area contributed by atoms with Gasteiger partial charge < -0.3 is 19.3 Å². The molecule has 1 unspecified atom stereocenters. The van der Waals surface area contributed by atoms with Crippen LogP contribution in [0.25, 0.3) is 0 Å². The van der Waals surface area contributed by atoms with Crippen LogP contribution in [-0.2, 0) is 9.53 Å². The fraction of sp³-hybridized carbons (Fsp3) is 0.462. The minimum absolute atomic E-state index is 0.0884. The van der Waals surface area contributed by atoms with Crippen molar-refractivity contribution in [1.29, 1.82) is 0 Å². The summed E-state index contributed by atoms with van der Waals surface area (Å²) in [5.41, 5.74) is -0.114. The molecule has 0 aliphatic rings. The number of aliphatic carboxylic acids is 1. The zero-order valence-electron chi connectivity index (χ0n) is 11.8. The summed E-state index contributed by atoms with van der Waals surface area (Å²) in [6.07, 6.45) is -0.789. The molecule has 0 heterocycles. The van der Waals surface area contributed by atoms with E-state index in [0.717, 1.165) is 0 Å². The van der Waals surface area contributed by atoms with E-state index in [2.05, 4.69) is 0 Å². The van der Waals surface area contributed by atoms with Crippen molar-refractivity contribution in [3.63, 3.8) is 0 Å². The highest BCUT2D eigenvalue weighted by Gasteiger charge is 2.18. The van der Waals surface area contributed by atoms with Gasteiger partial charge in [-0.05, 0) is 13.0 Å². The maximum Gasteiger partial charge on any atom is 0.332 e. The summed E-state index contributed by atoms with van der Waals surface area (Å²) in [5.74, 6) is -0.535. The van der Waals surface area contributed by atoms with Crippen LogP contribution >= 0.6 is 0 Å². The van der Waals surface area contributed by atoms with Crippen LogP contribution in [0.15, 0.2) is 18.2 Å². The number of carbonyl (C=O) groups is 1. The lowest BCUT2D eigenvalue weighted by molar-refractivity contribution is -0.385. The Morgan fingerprint density at radius 1 is 1.43 bits per heavy atom. The first-order chi connectivity index (χ1) is 9.99. The minimum atomic E-state index is -1.06. The molecule has 116 valence electrons. The third-order valence-electron chi connectivity index (χ3n) is 2.64. The molecular formula is C13H17NO7. The molecule has 8 heteroatoms. The molecule has 1 N–H and O–H groups in total. The van der Waals surface area contributed by atoms with Crippen LogP contribution in [0.5, 0.6) is 11.5 Å². The van der Waals surface area contributed by atoms with E-state index < -0.39 is 17.0 Å². The third kappa shape index (κ3) is 4.92. The molecule has 1 rings (SSSR count). The van der Waals surface area contributed by atoms with E-state index in [1.807, 2.05) is 0 Å². The number of nitrogens with zero attached hydrogens (tertiary/aromatic N) is 1. The highest BCUT2D eigenvalue weighted by molar-refractivity contribution is 5.72. The number of hydrogen-bond acceptors (Lipinski definition) is 6. The topological polar surface area (TPSA) is 108 Å².